The Morgan fingerprint density at radius 1 is 0.818 bits per heavy atom. The third-order valence-corrected chi connectivity index (χ3v) is 4.89. The third kappa shape index (κ3) is 18.1. The zero-order valence-electron chi connectivity index (χ0n) is 7.64. The van der Waals surface area contributed by atoms with E-state index in [1.807, 2.05) is 0 Å². The van der Waals surface area contributed by atoms with Gasteiger partial charge in [-0.1, -0.05) is 0 Å². The second-order valence-corrected chi connectivity index (χ2v) is 6.14. The van der Waals surface area contributed by atoms with Crippen molar-refractivity contribution in [2.75, 3.05) is 0 Å². The summed E-state index contributed by atoms with van der Waals surface area (Å²) in [5, 5.41) is 0. The van der Waals surface area contributed by atoms with Crippen LogP contribution in [0.4, 0.5) is 0 Å². The molecular formula is C8H20O2Zr. The molecule has 68 valence electrons. The maximum absolute atomic E-state index is 2.29. The second-order valence-electron chi connectivity index (χ2n) is 2.46. The van der Waals surface area contributed by atoms with Crippen LogP contribution in [0.3, 0.4) is 0 Å². The molecule has 3 heteroatoms. The van der Waals surface area contributed by atoms with Crippen molar-refractivity contribution in [3.8, 4) is 0 Å². The van der Waals surface area contributed by atoms with Crippen molar-refractivity contribution in [3.63, 3.8) is 0 Å². The van der Waals surface area contributed by atoms with E-state index < -0.39 is 0 Å². The second kappa shape index (κ2) is 17.1. The largest absolute Gasteiger partial charge is 0.870 e. The Labute approximate surface area is 82.0 Å². The molecule has 0 bridgehead atoms. The van der Waals surface area contributed by atoms with Crippen LogP contribution < -0.4 is 0 Å². The van der Waals surface area contributed by atoms with Gasteiger partial charge in [-0.25, -0.2) is 0 Å². The minimum atomic E-state index is 0. The first-order chi connectivity index (χ1) is 4.41. The number of hydrogen-bond donors (Lipinski definition) is 0. The normalized spacial score (nSPS) is 7.45. The molecule has 0 aromatic rings. The molecule has 0 radical (unpaired) electrons. The van der Waals surface area contributed by atoms with Crippen molar-refractivity contribution in [2.45, 2.75) is 47.8 Å². The molecule has 0 spiro atoms. The molecule has 0 amide bonds. The Bertz CT molecular complexity index is 45.4. The van der Waals surface area contributed by atoms with E-state index in [4.69, 9.17) is 0 Å². The Morgan fingerprint density at radius 3 is 1.45 bits per heavy atom. The first-order valence-electron chi connectivity index (χ1n) is 4.12. The van der Waals surface area contributed by atoms with Gasteiger partial charge in [-0.05, 0) is 0 Å². The van der Waals surface area contributed by atoms with Crippen LogP contribution in [0.25, 0.3) is 0 Å². The van der Waals surface area contributed by atoms with Crippen molar-refractivity contribution < 1.29 is 34.2 Å². The summed E-state index contributed by atoms with van der Waals surface area (Å²) in [5.74, 6) is 0. The van der Waals surface area contributed by atoms with Gasteiger partial charge < -0.3 is 11.0 Å². The average molecular weight is 239 g/mol. The summed E-state index contributed by atoms with van der Waals surface area (Å²) < 4.78 is 3.25. The quantitative estimate of drug-likeness (QED) is 0.668. The van der Waals surface area contributed by atoms with E-state index in [0.29, 0.717) is 0 Å². The SMILES string of the molecule is CCC[CH2][Zr+2][CH2]CCC.[OH-].[OH-]. The van der Waals surface area contributed by atoms with Crippen molar-refractivity contribution in [1.82, 2.24) is 0 Å². The first kappa shape index (κ1) is 17.8. The van der Waals surface area contributed by atoms with Crippen LogP contribution in [0, 0.1) is 0 Å². The van der Waals surface area contributed by atoms with Gasteiger partial charge in [0.2, 0.25) is 0 Å². The van der Waals surface area contributed by atoms with Crippen LogP contribution >= 0.6 is 0 Å². The van der Waals surface area contributed by atoms with Crippen LogP contribution in [0.1, 0.15) is 39.5 Å². The fourth-order valence-corrected chi connectivity index (χ4v) is 4.31. The van der Waals surface area contributed by atoms with Gasteiger partial charge in [-0.3, -0.25) is 0 Å². The topological polar surface area (TPSA) is 60.0 Å². The summed E-state index contributed by atoms with van der Waals surface area (Å²) in [4.78, 5) is 0. The van der Waals surface area contributed by atoms with Crippen LogP contribution in [0.15, 0.2) is 0 Å². The van der Waals surface area contributed by atoms with Crippen LogP contribution in [-0.2, 0) is 23.2 Å². The van der Waals surface area contributed by atoms with Gasteiger partial charge in [0.1, 0.15) is 0 Å². The van der Waals surface area contributed by atoms with Crippen molar-refractivity contribution in [2.24, 2.45) is 0 Å². The van der Waals surface area contributed by atoms with Gasteiger partial charge in [-0.2, -0.15) is 0 Å². The molecule has 0 atom stereocenters. The van der Waals surface area contributed by atoms with Crippen LogP contribution in [0.2, 0.25) is 8.26 Å². The minimum Gasteiger partial charge on any atom is -0.870 e. The van der Waals surface area contributed by atoms with E-state index in [0.717, 1.165) is 0 Å². The number of unbranched alkanes of at least 4 members (excludes halogenated alkanes) is 2. The van der Waals surface area contributed by atoms with E-state index in [1.165, 1.54) is 25.7 Å². The molecule has 0 unspecified atom stereocenters. The van der Waals surface area contributed by atoms with Crippen LogP contribution in [-0.4, -0.2) is 11.0 Å². The molecule has 0 aliphatic carbocycles. The van der Waals surface area contributed by atoms with Gasteiger partial charge in [0.05, 0.1) is 0 Å². The molecule has 0 aliphatic rings. The standard InChI is InChI=1S/2C4H9.2H2O.Zr/c2*1-3-4-2;;;/h2*1,3-4H2,2H3;2*1H2;/q;;;;+2/p-2. The van der Waals surface area contributed by atoms with E-state index in [-0.39, 0.29) is 34.2 Å². The summed E-state index contributed by atoms with van der Waals surface area (Å²) in [5.41, 5.74) is 0. The predicted octanol–water partition coefficient (Wildman–Crippen LogP) is 3.15. The predicted molar refractivity (Wildman–Crippen MR) is 43.3 cm³/mol. The maximum Gasteiger partial charge on any atom is -0.870 e. The van der Waals surface area contributed by atoms with E-state index in [9.17, 15) is 0 Å². The minimum absolute atomic E-state index is 0. The Kier molecular flexibility index (Phi) is 27.6. The average Bonchev–Trinajstić information content (AvgIpc) is 1.89. The molecule has 0 aromatic heterocycles. The van der Waals surface area contributed by atoms with Gasteiger partial charge >= 0.3 is 71.0 Å². The van der Waals surface area contributed by atoms with E-state index in [1.54, 1.807) is 8.26 Å². The Balaban J connectivity index is -0.000000320. The molecule has 2 nitrogen and oxygen atoms in total. The summed E-state index contributed by atoms with van der Waals surface area (Å²) in [6.45, 7) is 4.58. The van der Waals surface area contributed by atoms with Crippen LogP contribution in [0.5, 0.6) is 0 Å². The molecule has 0 fully saturated rings. The molecule has 0 rings (SSSR count). The van der Waals surface area contributed by atoms with Gasteiger partial charge in [0, 0.05) is 0 Å². The van der Waals surface area contributed by atoms with E-state index >= 15 is 0 Å². The Morgan fingerprint density at radius 2 is 1.18 bits per heavy atom. The van der Waals surface area contributed by atoms with Crippen molar-refractivity contribution in [3.05, 3.63) is 0 Å². The molecule has 0 saturated carbocycles. The maximum atomic E-state index is 2.29. The van der Waals surface area contributed by atoms with Gasteiger partial charge in [0.15, 0.2) is 0 Å². The smallest absolute Gasteiger partial charge is 0.870 e. The van der Waals surface area contributed by atoms with Crippen molar-refractivity contribution >= 4 is 0 Å². The zero-order valence-corrected chi connectivity index (χ0v) is 10.1. The molecule has 0 aromatic carbocycles. The Hall–Kier alpha value is 0.803. The fourth-order valence-electron chi connectivity index (χ4n) is 0.729. The molecule has 0 aliphatic heterocycles. The molecule has 11 heavy (non-hydrogen) atoms. The molecular weight excluding hydrogens is 219 g/mol. The fraction of sp³-hybridized carbons (Fsp3) is 1.00. The molecule has 2 N–H and O–H groups in total. The van der Waals surface area contributed by atoms with Crippen molar-refractivity contribution in [1.29, 1.82) is 0 Å². The van der Waals surface area contributed by atoms with Gasteiger partial charge in [-0.15, -0.1) is 0 Å². The monoisotopic (exact) mass is 238 g/mol. The van der Waals surface area contributed by atoms with Gasteiger partial charge in [0.25, 0.3) is 0 Å². The third-order valence-electron chi connectivity index (χ3n) is 1.41. The molecule has 0 saturated heterocycles. The zero-order chi connectivity index (χ0) is 6.95. The summed E-state index contributed by atoms with van der Waals surface area (Å²) in [7, 11) is 0. The number of rotatable bonds is 6. The first-order valence-corrected chi connectivity index (χ1v) is 7.60. The van der Waals surface area contributed by atoms with E-state index in [2.05, 4.69) is 13.8 Å². The summed E-state index contributed by atoms with van der Waals surface area (Å²) in [6, 6.07) is 0. The molecule has 0 heterocycles. The summed E-state index contributed by atoms with van der Waals surface area (Å²) >= 11 is 0.149. The number of hydrogen-bond acceptors (Lipinski definition) is 2. The summed E-state index contributed by atoms with van der Waals surface area (Å²) in [6.07, 6.45) is 5.84.